The summed E-state index contributed by atoms with van der Waals surface area (Å²) < 4.78 is 5.16. The SMILES string of the molecule is COc1ccc(CC(=O)N(CC(=O)Nc2ccc(C(=O)O)cc2)c2ccc(C)c(C)c2)cc1. The number of aryl methyl sites for hydroxylation is 2. The smallest absolute Gasteiger partial charge is 0.335 e. The van der Waals surface area contributed by atoms with Gasteiger partial charge in [-0.2, -0.15) is 0 Å². The van der Waals surface area contributed by atoms with Crippen molar-refractivity contribution in [2.75, 3.05) is 23.9 Å². The maximum atomic E-state index is 13.2. The Balaban J connectivity index is 1.79. The molecule has 3 rings (SSSR count). The molecule has 0 fully saturated rings. The molecule has 33 heavy (non-hydrogen) atoms. The number of carboxylic acid groups (broad SMARTS) is 1. The third kappa shape index (κ3) is 6.20. The number of carbonyl (C=O) groups is 3. The molecule has 0 saturated carbocycles. The maximum absolute atomic E-state index is 13.2. The number of carboxylic acids is 1. The lowest BCUT2D eigenvalue weighted by molar-refractivity contribution is -0.121. The lowest BCUT2D eigenvalue weighted by atomic mass is 10.1. The predicted octanol–water partition coefficient (Wildman–Crippen LogP) is 4.22. The molecule has 170 valence electrons. The average molecular weight is 447 g/mol. The predicted molar refractivity (Wildman–Crippen MR) is 127 cm³/mol. The molecule has 0 atom stereocenters. The van der Waals surface area contributed by atoms with E-state index in [4.69, 9.17) is 9.84 Å². The molecule has 2 amide bonds. The number of aromatic carboxylic acids is 1. The van der Waals surface area contributed by atoms with Gasteiger partial charge in [0.05, 0.1) is 19.1 Å². The van der Waals surface area contributed by atoms with Crippen LogP contribution in [0.5, 0.6) is 5.75 Å². The van der Waals surface area contributed by atoms with Crippen LogP contribution in [0.4, 0.5) is 11.4 Å². The summed E-state index contributed by atoms with van der Waals surface area (Å²) in [6.07, 6.45) is 0.123. The first kappa shape index (κ1) is 23.5. The van der Waals surface area contributed by atoms with E-state index in [-0.39, 0.29) is 30.3 Å². The molecule has 0 bridgehead atoms. The molecule has 7 nitrogen and oxygen atoms in total. The maximum Gasteiger partial charge on any atom is 0.335 e. The van der Waals surface area contributed by atoms with E-state index in [9.17, 15) is 14.4 Å². The number of methoxy groups -OCH3 is 1. The standard InChI is InChI=1S/C26H26N2O5/c1-17-4-11-22(14-18(17)2)28(25(30)15-19-5-12-23(33-3)13-6-19)16-24(29)27-21-9-7-20(8-10-21)26(31)32/h4-14H,15-16H2,1-3H3,(H,27,29)(H,31,32). The van der Waals surface area contributed by atoms with Crippen LogP contribution in [0.1, 0.15) is 27.0 Å². The molecule has 2 N–H and O–H groups in total. The van der Waals surface area contributed by atoms with Crippen LogP contribution in [0, 0.1) is 13.8 Å². The highest BCUT2D eigenvalue weighted by Crippen LogP contribution is 2.21. The molecule has 0 heterocycles. The van der Waals surface area contributed by atoms with E-state index in [2.05, 4.69) is 5.32 Å². The Hall–Kier alpha value is -4.13. The van der Waals surface area contributed by atoms with Gasteiger partial charge in [-0.15, -0.1) is 0 Å². The molecule has 7 heteroatoms. The minimum Gasteiger partial charge on any atom is -0.497 e. The Morgan fingerprint density at radius 3 is 2.15 bits per heavy atom. The van der Waals surface area contributed by atoms with Gasteiger partial charge in [0.2, 0.25) is 11.8 Å². The second kappa shape index (κ2) is 10.5. The first-order chi connectivity index (χ1) is 15.8. The lowest BCUT2D eigenvalue weighted by Gasteiger charge is -2.23. The summed E-state index contributed by atoms with van der Waals surface area (Å²) in [4.78, 5) is 38.5. The third-order valence-electron chi connectivity index (χ3n) is 5.33. The fourth-order valence-electron chi connectivity index (χ4n) is 3.27. The topological polar surface area (TPSA) is 95.9 Å². The highest BCUT2D eigenvalue weighted by Gasteiger charge is 2.20. The van der Waals surface area contributed by atoms with Crippen molar-refractivity contribution >= 4 is 29.2 Å². The number of anilines is 2. The zero-order valence-electron chi connectivity index (χ0n) is 18.8. The van der Waals surface area contributed by atoms with Gasteiger partial charge in [0.1, 0.15) is 12.3 Å². The number of hydrogen-bond donors (Lipinski definition) is 2. The monoisotopic (exact) mass is 446 g/mol. The normalized spacial score (nSPS) is 10.4. The van der Waals surface area contributed by atoms with Crippen molar-refractivity contribution < 1.29 is 24.2 Å². The Kier molecular flexibility index (Phi) is 7.46. The summed E-state index contributed by atoms with van der Waals surface area (Å²) in [5, 5.41) is 11.7. The van der Waals surface area contributed by atoms with E-state index in [1.165, 1.54) is 29.2 Å². The van der Waals surface area contributed by atoms with Crippen LogP contribution in [0.25, 0.3) is 0 Å². The van der Waals surface area contributed by atoms with Crippen LogP contribution in [-0.2, 0) is 16.0 Å². The molecule has 0 aliphatic carbocycles. The van der Waals surface area contributed by atoms with Gasteiger partial charge < -0.3 is 20.1 Å². The molecule has 0 unspecified atom stereocenters. The van der Waals surface area contributed by atoms with Crippen molar-refractivity contribution in [3.63, 3.8) is 0 Å². The van der Waals surface area contributed by atoms with Gasteiger partial charge in [0, 0.05) is 11.4 Å². The molecule has 0 aliphatic rings. The largest absolute Gasteiger partial charge is 0.497 e. The Bertz CT molecular complexity index is 1150. The van der Waals surface area contributed by atoms with Gasteiger partial charge in [-0.05, 0) is 79.1 Å². The average Bonchev–Trinajstić information content (AvgIpc) is 2.80. The van der Waals surface area contributed by atoms with Crippen molar-refractivity contribution in [3.05, 3.63) is 89.0 Å². The summed E-state index contributed by atoms with van der Waals surface area (Å²) in [6.45, 7) is 3.75. The molecule has 0 radical (unpaired) electrons. The third-order valence-corrected chi connectivity index (χ3v) is 5.33. The first-order valence-corrected chi connectivity index (χ1v) is 10.4. The van der Waals surface area contributed by atoms with Crippen LogP contribution in [0.2, 0.25) is 0 Å². The van der Waals surface area contributed by atoms with E-state index in [0.717, 1.165) is 16.7 Å². The van der Waals surface area contributed by atoms with Crippen LogP contribution >= 0.6 is 0 Å². The van der Waals surface area contributed by atoms with E-state index < -0.39 is 5.97 Å². The van der Waals surface area contributed by atoms with Crippen molar-refractivity contribution in [3.8, 4) is 5.75 Å². The molecular formula is C26H26N2O5. The summed E-state index contributed by atoms with van der Waals surface area (Å²) in [5.74, 6) is -0.956. The van der Waals surface area contributed by atoms with Crippen LogP contribution in [0.15, 0.2) is 66.7 Å². The van der Waals surface area contributed by atoms with E-state index in [0.29, 0.717) is 17.1 Å². The minimum atomic E-state index is -1.04. The van der Waals surface area contributed by atoms with Crippen molar-refractivity contribution in [1.82, 2.24) is 0 Å². The van der Waals surface area contributed by atoms with Crippen LogP contribution in [-0.4, -0.2) is 36.5 Å². The number of amides is 2. The second-order valence-corrected chi connectivity index (χ2v) is 7.70. The molecule has 0 spiro atoms. The van der Waals surface area contributed by atoms with Crippen LogP contribution < -0.4 is 15.0 Å². The zero-order valence-corrected chi connectivity index (χ0v) is 18.8. The van der Waals surface area contributed by atoms with Gasteiger partial charge in [0.25, 0.3) is 0 Å². The highest BCUT2D eigenvalue weighted by molar-refractivity contribution is 6.03. The summed E-state index contributed by atoms with van der Waals surface area (Å²) in [6, 6.07) is 18.7. The van der Waals surface area contributed by atoms with E-state index >= 15 is 0 Å². The number of hydrogen-bond acceptors (Lipinski definition) is 4. The summed E-state index contributed by atoms with van der Waals surface area (Å²) in [5.41, 5.74) is 4.11. The number of rotatable bonds is 8. The second-order valence-electron chi connectivity index (χ2n) is 7.70. The molecule has 3 aromatic rings. The Morgan fingerprint density at radius 2 is 1.58 bits per heavy atom. The van der Waals surface area contributed by atoms with Gasteiger partial charge >= 0.3 is 5.97 Å². The van der Waals surface area contributed by atoms with Gasteiger partial charge in [-0.1, -0.05) is 18.2 Å². The number of nitrogens with zero attached hydrogens (tertiary/aromatic N) is 1. The summed E-state index contributed by atoms with van der Waals surface area (Å²) >= 11 is 0. The molecule has 0 aliphatic heterocycles. The minimum absolute atomic E-state index is 0.123. The molecule has 0 saturated heterocycles. The van der Waals surface area contributed by atoms with Crippen molar-refractivity contribution in [1.29, 1.82) is 0 Å². The van der Waals surface area contributed by atoms with Gasteiger partial charge in [-0.25, -0.2) is 4.79 Å². The summed E-state index contributed by atoms with van der Waals surface area (Å²) in [7, 11) is 1.58. The first-order valence-electron chi connectivity index (χ1n) is 10.4. The number of benzene rings is 3. The lowest BCUT2D eigenvalue weighted by Crippen LogP contribution is -2.39. The molecule has 3 aromatic carbocycles. The van der Waals surface area contributed by atoms with E-state index in [1.54, 1.807) is 19.2 Å². The Morgan fingerprint density at radius 1 is 0.909 bits per heavy atom. The van der Waals surface area contributed by atoms with Crippen molar-refractivity contribution in [2.24, 2.45) is 0 Å². The molecule has 0 aromatic heterocycles. The van der Waals surface area contributed by atoms with Gasteiger partial charge in [0.15, 0.2) is 0 Å². The van der Waals surface area contributed by atoms with Gasteiger partial charge in [-0.3, -0.25) is 9.59 Å². The Labute approximate surface area is 192 Å². The zero-order chi connectivity index (χ0) is 24.0. The van der Waals surface area contributed by atoms with Crippen LogP contribution in [0.3, 0.4) is 0 Å². The molecular weight excluding hydrogens is 420 g/mol. The fraction of sp³-hybridized carbons (Fsp3) is 0.192. The highest BCUT2D eigenvalue weighted by atomic mass is 16.5. The van der Waals surface area contributed by atoms with Crippen molar-refractivity contribution in [2.45, 2.75) is 20.3 Å². The quantitative estimate of drug-likeness (QED) is 0.540. The number of ether oxygens (including phenoxy) is 1. The number of nitrogens with one attached hydrogen (secondary N) is 1. The number of carbonyl (C=O) groups excluding carboxylic acids is 2. The van der Waals surface area contributed by atoms with E-state index in [1.807, 2.05) is 44.2 Å². The fourth-order valence-corrected chi connectivity index (χ4v) is 3.27.